The first kappa shape index (κ1) is 13.7. The van der Waals surface area contributed by atoms with E-state index in [0.717, 1.165) is 33.0 Å². The Labute approximate surface area is 112 Å². The number of rotatable bonds is 1. The summed E-state index contributed by atoms with van der Waals surface area (Å²) in [5.74, 6) is 0. The molecule has 0 aliphatic carbocycles. The summed E-state index contributed by atoms with van der Waals surface area (Å²) >= 11 is 5.50. The van der Waals surface area contributed by atoms with Crippen molar-refractivity contribution in [1.82, 2.24) is 18.8 Å². The molecule has 2 heterocycles. The predicted octanol–water partition coefficient (Wildman–Crippen LogP) is 0.434. The van der Waals surface area contributed by atoms with Crippen LogP contribution in [0.4, 0.5) is 0 Å². The molecule has 8 heteroatoms. The van der Waals surface area contributed by atoms with Gasteiger partial charge >= 0.3 is 113 Å². The van der Waals surface area contributed by atoms with Gasteiger partial charge in [-0.15, -0.1) is 0 Å². The summed E-state index contributed by atoms with van der Waals surface area (Å²) in [6.07, 6.45) is 0. The zero-order valence-electron chi connectivity index (χ0n) is 9.36. The third kappa shape index (κ3) is 2.83. The molecule has 0 atom stereocenters. The van der Waals surface area contributed by atoms with Crippen LogP contribution in [0.2, 0.25) is 0 Å². The van der Waals surface area contributed by atoms with Crippen LogP contribution in [0.1, 0.15) is 0 Å². The molecule has 0 saturated carbocycles. The second kappa shape index (κ2) is 5.53. The third-order valence-corrected chi connectivity index (χ3v) is 16.7. The number of ether oxygens (including phenoxy) is 1. The van der Waals surface area contributed by atoms with Crippen molar-refractivity contribution in [2.24, 2.45) is 0 Å². The van der Waals surface area contributed by atoms with Crippen LogP contribution in [0, 0.1) is 0 Å². The molecular weight excluding hydrogens is 523 g/mol. The molecule has 0 radical (unpaired) electrons. The first-order valence-corrected chi connectivity index (χ1v) is 17.1. The van der Waals surface area contributed by atoms with Crippen LogP contribution in [-0.2, 0) is 16.5 Å². The number of hydrazine groups is 1. The van der Waals surface area contributed by atoms with E-state index in [1.54, 1.807) is 0 Å². The van der Waals surface area contributed by atoms with Gasteiger partial charge in [-0.2, -0.15) is 0 Å². The van der Waals surface area contributed by atoms with Crippen LogP contribution < -0.4 is 5.43 Å². The number of morpholine rings is 1. The SMILES string of the molecule is CN1CN(C)[C](=[Pt]([Br])([Br])[N]2CCOCC2)N1. The van der Waals surface area contributed by atoms with E-state index in [-0.39, 0.29) is 0 Å². The first-order valence-electron chi connectivity index (χ1n) is 4.97. The maximum absolute atomic E-state index is 5.40. The molecule has 0 aromatic heterocycles. The van der Waals surface area contributed by atoms with Crippen LogP contribution in [0.25, 0.3) is 0 Å². The Kier molecular flexibility index (Phi) is 4.75. The van der Waals surface area contributed by atoms with Crippen molar-refractivity contribution in [2.75, 3.05) is 47.1 Å². The van der Waals surface area contributed by atoms with Gasteiger partial charge in [0.15, 0.2) is 0 Å². The van der Waals surface area contributed by atoms with Gasteiger partial charge in [-0.25, -0.2) is 0 Å². The quantitative estimate of drug-likeness (QED) is 0.522. The molecule has 16 heavy (non-hydrogen) atoms. The zero-order valence-corrected chi connectivity index (χ0v) is 14.8. The molecule has 1 N–H and O–H groups in total. The van der Waals surface area contributed by atoms with Gasteiger partial charge in [-0.3, -0.25) is 0 Å². The monoisotopic (exact) mass is 538 g/mol. The molecule has 5 nitrogen and oxygen atoms in total. The molecule has 2 aliphatic rings. The topological polar surface area (TPSA) is 31.0 Å². The van der Waals surface area contributed by atoms with Gasteiger partial charge in [-0.1, -0.05) is 0 Å². The number of halogens is 2. The molecule has 0 amide bonds. The van der Waals surface area contributed by atoms with Gasteiger partial charge < -0.3 is 0 Å². The van der Waals surface area contributed by atoms with Gasteiger partial charge in [0.1, 0.15) is 0 Å². The Bertz CT molecular complexity index is 315. The van der Waals surface area contributed by atoms with Crippen molar-refractivity contribution >= 4 is 30.7 Å². The normalized spacial score (nSPS) is 27.6. The molecule has 0 spiro atoms. The molecule has 0 aromatic rings. The maximum atomic E-state index is 5.40. The zero-order chi connectivity index (χ0) is 11.8. The van der Waals surface area contributed by atoms with Crippen molar-refractivity contribution in [3.8, 4) is 0 Å². The standard InChI is InChI=1S/C4H9N3.C4H8NO.2BrH.Pt/c1-6-3-5-7(2)4-6;1-3-6-4-2-5-1;;;/h5H,4H2,1-2H3;1-4H2;2*1H;/q;-1;;;+3/p-2. The van der Waals surface area contributed by atoms with Gasteiger partial charge in [0.05, 0.1) is 0 Å². The molecule has 2 rings (SSSR count). The Morgan fingerprint density at radius 2 is 1.88 bits per heavy atom. The minimum atomic E-state index is -2.38. The second-order valence-corrected chi connectivity index (χ2v) is 26.1. The van der Waals surface area contributed by atoms with Gasteiger partial charge in [-0.05, 0) is 0 Å². The third-order valence-electron chi connectivity index (χ3n) is 2.37. The van der Waals surface area contributed by atoms with E-state index in [1.807, 2.05) is 0 Å². The fraction of sp³-hybridized carbons (Fsp3) is 0.875. The van der Waals surface area contributed by atoms with Crippen molar-refractivity contribution in [3.63, 3.8) is 0 Å². The second-order valence-electron chi connectivity index (χ2n) is 3.74. The van der Waals surface area contributed by atoms with E-state index in [1.165, 1.54) is 4.15 Å². The summed E-state index contributed by atoms with van der Waals surface area (Å²) in [4.78, 5) is 2.26. The number of hydrogen-bond donors (Lipinski definition) is 1. The van der Waals surface area contributed by atoms with E-state index < -0.39 is 11.7 Å². The number of nitrogens with zero attached hydrogens (tertiary/aromatic N) is 3. The average Bonchev–Trinajstić information content (AvgIpc) is 2.60. The molecule has 0 unspecified atom stereocenters. The van der Waals surface area contributed by atoms with Gasteiger partial charge in [0.2, 0.25) is 0 Å². The van der Waals surface area contributed by atoms with Crippen LogP contribution in [0.3, 0.4) is 0 Å². The predicted molar refractivity (Wildman–Crippen MR) is 68.8 cm³/mol. The van der Waals surface area contributed by atoms with E-state index in [2.05, 4.69) is 59.5 Å². The van der Waals surface area contributed by atoms with Crippen LogP contribution >= 0.6 is 26.6 Å². The molecular formula is C8H17Br2N4OPt. The number of nitrogens with one attached hydrogen (secondary N) is 1. The van der Waals surface area contributed by atoms with E-state index >= 15 is 0 Å². The van der Waals surface area contributed by atoms with Crippen molar-refractivity contribution in [3.05, 3.63) is 0 Å². The Hall–Kier alpha value is 1.32. The number of hydrogen-bond acceptors (Lipinski definition) is 5. The first-order chi connectivity index (χ1) is 7.51. The van der Waals surface area contributed by atoms with E-state index in [4.69, 9.17) is 4.74 Å². The Balaban J connectivity index is 2.24. The summed E-state index contributed by atoms with van der Waals surface area (Å²) in [7, 11) is 4.17. The molecule has 0 bridgehead atoms. The minimum absolute atomic E-state index is 0.829. The molecule has 0 aromatic carbocycles. The summed E-state index contributed by atoms with van der Waals surface area (Å²) < 4.78 is 9.18. The van der Waals surface area contributed by atoms with Gasteiger partial charge in [0, 0.05) is 0 Å². The fourth-order valence-electron chi connectivity index (χ4n) is 1.63. The van der Waals surface area contributed by atoms with Crippen molar-refractivity contribution in [1.29, 1.82) is 0 Å². The van der Waals surface area contributed by atoms with Gasteiger partial charge in [0.25, 0.3) is 0 Å². The van der Waals surface area contributed by atoms with Crippen molar-refractivity contribution < 1.29 is 16.5 Å². The fourth-order valence-corrected chi connectivity index (χ4v) is 13.7. The summed E-state index contributed by atoms with van der Waals surface area (Å²) in [5.41, 5.74) is 3.42. The van der Waals surface area contributed by atoms with Crippen LogP contribution in [0.15, 0.2) is 0 Å². The van der Waals surface area contributed by atoms with Crippen LogP contribution in [-0.4, -0.2) is 64.6 Å². The molecule has 99 valence electrons. The van der Waals surface area contributed by atoms with Crippen LogP contribution in [0.5, 0.6) is 0 Å². The van der Waals surface area contributed by atoms with Crippen molar-refractivity contribution in [2.45, 2.75) is 0 Å². The molecule has 2 aliphatic heterocycles. The summed E-state index contributed by atoms with van der Waals surface area (Å²) in [6, 6.07) is 0. The Morgan fingerprint density at radius 3 is 2.38 bits per heavy atom. The molecule has 2 fully saturated rings. The molecule has 2 saturated heterocycles. The average molecular weight is 540 g/mol. The Morgan fingerprint density at radius 1 is 1.25 bits per heavy atom. The van der Waals surface area contributed by atoms with E-state index in [0.29, 0.717) is 0 Å². The van der Waals surface area contributed by atoms with E-state index in [9.17, 15) is 0 Å². The summed E-state index contributed by atoms with van der Waals surface area (Å²) in [6.45, 7) is 4.57. The summed E-state index contributed by atoms with van der Waals surface area (Å²) in [5, 5.41) is 2.09.